The fourth-order valence-electron chi connectivity index (χ4n) is 2.69. The molecular weight excluding hydrogens is 309 g/mol. The van der Waals surface area contributed by atoms with E-state index in [1.54, 1.807) is 0 Å². The van der Waals surface area contributed by atoms with Crippen molar-refractivity contribution in [3.8, 4) is 0 Å². The van der Waals surface area contributed by atoms with E-state index in [4.69, 9.17) is 23.2 Å². The predicted octanol–water partition coefficient (Wildman–Crippen LogP) is 5.48. The lowest BCUT2D eigenvalue weighted by molar-refractivity contribution is 0.591. The third-order valence-electron chi connectivity index (χ3n) is 3.66. The molecule has 0 radical (unpaired) electrons. The first kappa shape index (κ1) is 15.8. The molecule has 20 heavy (non-hydrogen) atoms. The largest absolute Gasteiger partial charge is 0.313 e. The van der Waals surface area contributed by atoms with E-state index in [1.165, 1.54) is 33.6 Å². The van der Waals surface area contributed by atoms with Gasteiger partial charge in [-0.1, -0.05) is 40.9 Å². The molecule has 0 aliphatic rings. The lowest BCUT2D eigenvalue weighted by Gasteiger charge is -2.19. The molecule has 0 spiro atoms. The quantitative estimate of drug-likeness (QED) is 0.783. The van der Waals surface area contributed by atoms with Gasteiger partial charge in [0.2, 0.25) is 0 Å². The maximum absolute atomic E-state index is 6.28. The van der Waals surface area contributed by atoms with Gasteiger partial charge >= 0.3 is 0 Å². The highest BCUT2D eigenvalue weighted by molar-refractivity contribution is 7.20. The summed E-state index contributed by atoms with van der Waals surface area (Å²) >= 11 is 13.8. The Morgan fingerprint density at radius 3 is 2.15 bits per heavy atom. The van der Waals surface area contributed by atoms with Crippen LogP contribution in [0.1, 0.15) is 33.9 Å². The highest BCUT2D eigenvalue weighted by Gasteiger charge is 2.18. The van der Waals surface area contributed by atoms with E-state index in [1.807, 2.05) is 13.1 Å². The first-order chi connectivity index (χ1) is 9.42. The summed E-state index contributed by atoms with van der Waals surface area (Å²) in [5.41, 5.74) is 6.44. The summed E-state index contributed by atoms with van der Waals surface area (Å²) in [6, 6.07) is 6.62. The van der Waals surface area contributed by atoms with Crippen molar-refractivity contribution in [2.45, 2.75) is 33.2 Å². The second-order valence-corrected chi connectivity index (χ2v) is 7.49. The van der Waals surface area contributed by atoms with Crippen LogP contribution in [0.25, 0.3) is 0 Å². The lowest BCUT2D eigenvalue weighted by atomic mass is 9.92. The van der Waals surface area contributed by atoms with E-state index in [2.05, 4.69) is 38.2 Å². The van der Waals surface area contributed by atoms with Crippen LogP contribution in [-0.4, -0.2) is 7.05 Å². The summed E-state index contributed by atoms with van der Waals surface area (Å²) in [6.07, 6.45) is 0.918. The van der Waals surface area contributed by atoms with Gasteiger partial charge in [0.25, 0.3) is 0 Å². The van der Waals surface area contributed by atoms with Gasteiger partial charge in [0.1, 0.15) is 0 Å². The van der Waals surface area contributed by atoms with E-state index in [0.717, 1.165) is 20.7 Å². The molecular formula is C16H19Cl2NS. The highest BCUT2D eigenvalue weighted by Crippen LogP contribution is 2.36. The smallest absolute Gasteiger partial charge is 0.0992 e. The first-order valence-electron chi connectivity index (χ1n) is 6.61. The molecule has 1 aromatic heterocycles. The van der Waals surface area contributed by atoms with Gasteiger partial charge in [0.15, 0.2) is 0 Å². The van der Waals surface area contributed by atoms with Crippen LogP contribution in [0.3, 0.4) is 0 Å². The van der Waals surface area contributed by atoms with Gasteiger partial charge in [-0.25, -0.2) is 0 Å². The van der Waals surface area contributed by atoms with E-state index in [0.29, 0.717) is 0 Å². The number of thiophene rings is 1. The molecule has 2 rings (SSSR count). The normalized spacial score (nSPS) is 12.7. The summed E-state index contributed by atoms with van der Waals surface area (Å²) in [5.74, 6) is 0. The number of aryl methyl sites for hydroxylation is 3. The minimum absolute atomic E-state index is 0.186. The average Bonchev–Trinajstić information content (AvgIpc) is 2.67. The third-order valence-corrected chi connectivity index (χ3v) is 5.17. The molecule has 1 N–H and O–H groups in total. The van der Waals surface area contributed by atoms with Crippen LogP contribution in [0.5, 0.6) is 0 Å². The van der Waals surface area contributed by atoms with Gasteiger partial charge in [-0.15, -0.1) is 11.3 Å². The Labute approximate surface area is 134 Å². The van der Waals surface area contributed by atoms with Crippen molar-refractivity contribution in [2.24, 2.45) is 0 Å². The zero-order valence-corrected chi connectivity index (χ0v) is 14.5. The standard InChI is InChI=1S/C16H19Cl2NS/c1-9-5-10(2)12(11(3)6-9)7-14(19-4)13-8-15(17)20-16(13)18/h5-6,8,14,19H,7H2,1-4H3. The van der Waals surface area contributed by atoms with Gasteiger partial charge in [-0.2, -0.15) is 0 Å². The molecule has 108 valence electrons. The highest BCUT2D eigenvalue weighted by atomic mass is 35.5. The molecule has 0 fully saturated rings. The molecule has 1 atom stereocenters. The molecule has 1 aromatic carbocycles. The average molecular weight is 328 g/mol. The van der Waals surface area contributed by atoms with Crippen LogP contribution >= 0.6 is 34.5 Å². The van der Waals surface area contributed by atoms with Crippen molar-refractivity contribution in [2.75, 3.05) is 7.05 Å². The Bertz CT molecular complexity index is 596. The lowest BCUT2D eigenvalue weighted by Crippen LogP contribution is -2.19. The molecule has 0 amide bonds. The molecule has 1 nitrogen and oxygen atoms in total. The Morgan fingerprint density at radius 1 is 1.10 bits per heavy atom. The Hall–Kier alpha value is -0.540. The molecule has 0 aliphatic carbocycles. The van der Waals surface area contributed by atoms with Gasteiger partial charge < -0.3 is 5.32 Å². The summed E-state index contributed by atoms with van der Waals surface area (Å²) in [7, 11) is 1.96. The Kier molecular flexibility index (Phi) is 5.14. The first-order valence-corrected chi connectivity index (χ1v) is 8.18. The molecule has 0 saturated carbocycles. The monoisotopic (exact) mass is 327 g/mol. The number of likely N-dealkylation sites (N-methyl/N-ethyl adjacent to an activating group) is 1. The second kappa shape index (κ2) is 6.48. The van der Waals surface area contributed by atoms with Crippen molar-refractivity contribution in [1.29, 1.82) is 0 Å². The second-order valence-electron chi connectivity index (χ2n) is 5.20. The molecule has 0 bridgehead atoms. The minimum Gasteiger partial charge on any atom is -0.313 e. The number of benzene rings is 1. The van der Waals surface area contributed by atoms with Crippen LogP contribution in [-0.2, 0) is 6.42 Å². The predicted molar refractivity (Wildman–Crippen MR) is 90.5 cm³/mol. The van der Waals surface area contributed by atoms with Crippen LogP contribution < -0.4 is 5.32 Å². The van der Waals surface area contributed by atoms with Gasteiger partial charge in [0, 0.05) is 11.6 Å². The summed E-state index contributed by atoms with van der Waals surface area (Å²) < 4.78 is 1.51. The molecule has 1 heterocycles. The van der Waals surface area contributed by atoms with Gasteiger partial charge in [-0.3, -0.25) is 0 Å². The van der Waals surface area contributed by atoms with E-state index < -0.39 is 0 Å². The zero-order chi connectivity index (χ0) is 14.9. The maximum Gasteiger partial charge on any atom is 0.0992 e. The van der Waals surface area contributed by atoms with Gasteiger partial charge in [-0.05, 0) is 57.0 Å². The fourth-order valence-corrected chi connectivity index (χ4v) is 4.27. The van der Waals surface area contributed by atoms with Crippen molar-refractivity contribution >= 4 is 34.5 Å². The van der Waals surface area contributed by atoms with Crippen LogP contribution in [0, 0.1) is 20.8 Å². The third kappa shape index (κ3) is 3.37. The number of halogens is 2. The molecule has 1 unspecified atom stereocenters. The van der Waals surface area contributed by atoms with E-state index in [-0.39, 0.29) is 6.04 Å². The summed E-state index contributed by atoms with van der Waals surface area (Å²) in [6.45, 7) is 6.48. The number of hydrogen-bond acceptors (Lipinski definition) is 2. The molecule has 4 heteroatoms. The van der Waals surface area contributed by atoms with Crippen molar-refractivity contribution < 1.29 is 0 Å². The van der Waals surface area contributed by atoms with Crippen LogP contribution in [0.2, 0.25) is 8.67 Å². The Balaban J connectivity index is 2.34. The summed E-state index contributed by atoms with van der Waals surface area (Å²) in [4.78, 5) is 0. The van der Waals surface area contributed by atoms with Crippen molar-refractivity contribution in [1.82, 2.24) is 5.32 Å². The SMILES string of the molecule is CNC(Cc1c(C)cc(C)cc1C)c1cc(Cl)sc1Cl. The number of rotatable bonds is 4. The van der Waals surface area contributed by atoms with Crippen LogP contribution in [0.4, 0.5) is 0 Å². The van der Waals surface area contributed by atoms with Crippen molar-refractivity contribution in [3.63, 3.8) is 0 Å². The Morgan fingerprint density at radius 2 is 1.70 bits per heavy atom. The fraction of sp³-hybridized carbons (Fsp3) is 0.375. The molecule has 0 aliphatic heterocycles. The number of hydrogen-bond donors (Lipinski definition) is 1. The topological polar surface area (TPSA) is 12.0 Å². The molecule has 0 saturated heterocycles. The maximum atomic E-state index is 6.28. The van der Waals surface area contributed by atoms with E-state index >= 15 is 0 Å². The van der Waals surface area contributed by atoms with Crippen molar-refractivity contribution in [3.05, 3.63) is 54.7 Å². The number of nitrogens with one attached hydrogen (secondary N) is 1. The summed E-state index contributed by atoms with van der Waals surface area (Å²) in [5, 5.41) is 3.35. The zero-order valence-electron chi connectivity index (χ0n) is 12.2. The van der Waals surface area contributed by atoms with E-state index in [9.17, 15) is 0 Å². The van der Waals surface area contributed by atoms with Gasteiger partial charge in [0.05, 0.1) is 8.67 Å². The van der Waals surface area contributed by atoms with Crippen LogP contribution in [0.15, 0.2) is 18.2 Å². The molecule has 2 aromatic rings. The minimum atomic E-state index is 0.186.